The number of ketones is 1. The molecule has 2 rings (SSSR count). The number of benzene rings is 1. The number of nitrogens with zero attached hydrogens (tertiary/aromatic N) is 1. The molecule has 1 saturated heterocycles. The van der Waals surface area contributed by atoms with E-state index in [9.17, 15) is 4.79 Å². The summed E-state index contributed by atoms with van der Waals surface area (Å²) in [4.78, 5) is 14.3. The van der Waals surface area contributed by atoms with Crippen LogP contribution >= 0.6 is 0 Å². The van der Waals surface area contributed by atoms with Gasteiger partial charge in [-0.25, -0.2) is 0 Å². The van der Waals surface area contributed by atoms with Gasteiger partial charge >= 0.3 is 0 Å². The number of morpholine rings is 1. The number of Topliss-reactive ketones (excluding diaryl/α,β-unsaturated/α-hetero) is 1. The molecule has 1 heterocycles. The summed E-state index contributed by atoms with van der Waals surface area (Å²) in [7, 11) is 0. The van der Waals surface area contributed by atoms with Crippen molar-refractivity contribution in [3.63, 3.8) is 0 Å². The number of ether oxygens (including phenoxy) is 1. The molecule has 0 spiro atoms. The average molecular weight is 247 g/mol. The zero-order valence-electron chi connectivity index (χ0n) is 11.2. The van der Waals surface area contributed by atoms with Crippen LogP contribution in [0.3, 0.4) is 0 Å². The van der Waals surface area contributed by atoms with Crippen LogP contribution in [0.4, 0.5) is 0 Å². The summed E-state index contributed by atoms with van der Waals surface area (Å²) in [5.41, 5.74) is 1.05. The molecule has 3 heteroatoms. The summed E-state index contributed by atoms with van der Waals surface area (Å²) < 4.78 is 5.46. The first-order valence-electron chi connectivity index (χ1n) is 6.46. The van der Waals surface area contributed by atoms with Crippen LogP contribution < -0.4 is 0 Å². The Bertz CT molecular complexity index is 400. The highest BCUT2D eigenvalue weighted by molar-refractivity contribution is 5.82. The van der Waals surface area contributed by atoms with E-state index in [1.54, 1.807) is 0 Å². The van der Waals surface area contributed by atoms with E-state index in [0.29, 0.717) is 19.6 Å². The monoisotopic (exact) mass is 247 g/mol. The first-order valence-corrected chi connectivity index (χ1v) is 6.46. The molecule has 0 atom stereocenters. The predicted molar refractivity (Wildman–Crippen MR) is 71.6 cm³/mol. The molecule has 0 radical (unpaired) electrons. The van der Waals surface area contributed by atoms with Gasteiger partial charge in [0.2, 0.25) is 0 Å². The fourth-order valence-electron chi connectivity index (χ4n) is 2.28. The second-order valence-corrected chi connectivity index (χ2v) is 5.49. The number of carbonyl (C=O) groups excluding carboxylic acids is 1. The third-order valence-electron chi connectivity index (χ3n) is 3.43. The van der Waals surface area contributed by atoms with Gasteiger partial charge in [-0.05, 0) is 19.4 Å². The molecule has 0 aromatic heterocycles. The Morgan fingerprint density at radius 1 is 1.33 bits per heavy atom. The van der Waals surface area contributed by atoms with Crippen molar-refractivity contribution >= 4 is 5.78 Å². The van der Waals surface area contributed by atoms with Gasteiger partial charge in [-0.2, -0.15) is 0 Å². The van der Waals surface area contributed by atoms with Crippen molar-refractivity contribution in [3.8, 4) is 0 Å². The maximum Gasteiger partial charge on any atom is 0.151 e. The topological polar surface area (TPSA) is 29.5 Å². The molecule has 1 aromatic carbocycles. The van der Waals surface area contributed by atoms with Crippen molar-refractivity contribution in [2.45, 2.75) is 25.8 Å². The normalized spacial score (nSPS) is 19.7. The maximum absolute atomic E-state index is 12.1. The molecular formula is C15H21NO2. The van der Waals surface area contributed by atoms with Crippen molar-refractivity contribution in [2.24, 2.45) is 0 Å². The van der Waals surface area contributed by atoms with Crippen LogP contribution in [0.25, 0.3) is 0 Å². The SMILES string of the molecule is CC1(C)COCCN1CC(=O)Cc1ccccc1. The molecule has 1 aliphatic rings. The van der Waals surface area contributed by atoms with Crippen LogP contribution in [-0.4, -0.2) is 42.5 Å². The third-order valence-corrected chi connectivity index (χ3v) is 3.43. The lowest BCUT2D eigenvalue weighted by Crippen LogP contribution is -2.54. The van der Waals surface area contributed by atoms with Crippen molar-refractivity contribution in [1.82, 2.24) is 4.90 Å². The van der Waals surface area contributed by atoms with Gasteiger partial charge in [-0.3, -0.25) is 9.69 Å². The Hall–Kier alpha value is -1.19. The highest BCUT2D eigenvalue weighted by Crippen LogP contribution is 2.18. The molecular weight excluding hydrogens is 226 g/mol. The van der Waals surface area contributed by atoms with Gasteiger partial charge in [0.1, 0.15) is 0 Å². The molecule has 0 N–H and O–H groups in total. The minimum Gasteiger partial charge on any atom is -0.378 e. The van der Waals surface area contributed by atoms with Gasteiger partial charge in [0.15, 0.2) is 5.78 Å². The number of hydrogen-bond donors (Lipinski definition) is 0. The van der Waals surface area contributed by atoms with Crippen LogP contribution in [0.15, 0.2) is 30.3 Å². The zero-order chi connectivity index (χ0) is 13.0. The first-order chi connectivity index (χ1) is 8.58. The van der Waals surface area contributed by atoms with Crippen molar-refractivity contribution < 1.29 is 9.53 Å². The zero-order valence-corrected chi connectivity index (χ0v) is 11.2. The summed E-state index contributed by atoms with van der Waals surface area (Å²) >= 11 is 0. The summed E-state index contributed by atoms with van der Waals surface area (Å²) in [6.45, 7) is 7.04. The summed E-state index contributed by atoms with van der Waals surface area (Å²) in [5, 5.41) is 0. The molecule has 1 fully saturated rings. The van der Waals surface area contributed by atoms with Crippen molar-refractivity contribution in [2.75, 3.05) is 26.3 Å². The molecule has 1 aliphatic heterocycles. The molecule has 3 nitrogen and oxygen atoms in total. The third kappa shape index (κ3) is 3.40. The molecule has 0 aliphatic carbocycles. The Kier molecular flexibility index (Phi) is 4.15. The number of carbonyl (C=O) groups is 1. The largest absolute Gasteiger partial charge is 0.378 e. The second-order valence-electron chi connectivity index (χ2n) is 5.49. The standard InChI is InChI=1S/C15H21NO2/c1-15(2)12-18-9-8-16(15)11-14(17)10-13-6-4-3-5-7-13/h3-7H,8-12H2,1-2H3. The predicted octanol–water partition coefficient (Wildman–Crippen LogP) is 1.91. The second kappa shape index (κ2) is 5.63. The van der Waals surface area contributed by atoms with Crippen LogP contribution in [0.5, 0.6) is 0 Å². The molecule has 0 bridgehead atoms. The van der Waals surface area contributed by atoms with Crippen LogP contribution in [0.2, 0.25) is 0 Å². The van der Waals surface area contributed by atoms with E-state index < -0.39 is 0 Å². The van der Waals surface area contributed by atoms with Gasteiger partial charge < -0.3 is 4.74 Å². The van der Waals surface area contributed by atoms with Gasteiger partial charge in [-0.1, -0.05) is 30.3 Å². The fraction of sp³-hybridized carbons (Fsp3) is 0.533. The van der Waals surface area contributed by atoms with E-state index in [1.165, 1.54) is 0 Å². The Morgan fingerprint density at radius 3 is 2.72 bits per heavy atom. The van der Waals surface area contributed by atoms with Crippen molar-refractivity contribution in [1.29, 1.82) is 0 Å². The maximum atomic E-state index is 12.1. The van der Waals surface area contributed by atoms with Crippen LogP contribution in [0, 0.1) is 0 Å². The highest BCUT2D eigenvalue weighted by atomic mass is 16.5. The van der Waals surface area contributed by atoms with Gasteiger partial charge in [0.25, 0.3) is 0 Å². The molecule has 98 valence electrons. The fourth-order valence-corrected chi connectivity index (χ4v) is 2.28. The molecule has 0 unspecified atom stereocenters. The Balaban J connectivity index is 1.91. The Morgan fingerprint density at radius 2 is 2.06 bits per heavy atom. The van der Waals surface area contributed by atoms with Gasteiger partial charge in [0.05, 0.1) is 19.8 Å². The van der Waals surface area contributed by atoms with Crippen LogP contribution in [0.1, 0.15) is 19.4 Å². The molecule has 0 saturated carbocycles. The summed E-state index contributed by atoms with van der Waals surface area (Å²) in [6, 6.07) is 9.92. The lowest BCUT2D eigenvalue weighted by molar-refractivity contribution is -0.124. The smallest absolute Gasteiger partial charge is 0.151 e. The van der Waals surface area contributed by atoms with Crippen LogP contribution in [-0.2, 0) is 16.0 Å². The van der Waals surface area contributed by atoms with Crippen molar-refractivity contribution in [3.05, 3.63) is 35.9 Å². The number of rotatable bonds is 4. The van der Waals surface area contributed by atoms with E-state index in [2.05, 4.69) is 18.7 Å². The van der Waals surface area contributed by atoms with E-state index in [1.807, 2.05) is 30.3 Å². The number of hydrogen-bond acceptors (Lipinski definition) is 3. The highest BCUT2D eigenvalue weighted by Gasteiger charge is 2.31. The molecule has 0 amide bonds. The molecule has 1 aromatic rings. The Labute approximate surface area is 109 Å². The quantitative estimate of drug-likeness (QED) is 0.814. The minimum atomic E-state index is -0.0371. The van der Waals surface area contributed by atoms with E-state index >= 15 is 0 Å². The summed E-state index contributed by atoms with van der Waals surface area (Å²) in [5.74, 6) is 0.274. The van der Waals surface area contributed by atoms with Gasteiger partial charge in [0, 0.05) is 18.5 Å². The lowest BCUT2D eigenvalue weighted by Gasteiger charge is -2.41. The summed E-state index contributed by atoms with van der Waals surface area (Å²) in [6.07, 6.45) is 0.522. The van der Waals surface area contributed by atoms with E-state index in [4.69, 9.17) is 4.74 Å². The average Bonchev–Trinajstić information content (AvgIpc) is 2.33. The van der Waals surface area contributed by atoms with E-state index in [0.717, 1.165) is 18.7 Å². The minimum absolute atomic E-state index is 0.0371. The van der Waals surface area contributed by atoms with Gasteiger partial charge in [-0.15, -0.1) is 0 Å². The lowest BCUT2D eigenvalue weighted by atomic mass is 10.0. The molecule has 18 heavy (non-hydrogen) atoms. The van der Waals surface area contributed by atoms with E-state index in [-0.39, 0.29) is 11.3 Å². The first kappa shape index (κ1) is 13.2.